The van der Waals surface area contributed by atoms with E-state index in [0.29, 0.717) is 35.1 Å². The zero-order valence-electron chi connectivity index (χ0n) is 18.9. The van der Waals surface area contributed by atoms with Crippen LogP contribution < -0.4 is 10.2 Å². The van der Waals surface area contributed by atoms with E-state index in [4.69, 9.17) is 11.6 Å². The molecule has 6 nitrogen and oxygen atoms in total. The van der Waals surface area contributed by atoms with E-state index in [0.717, 1.165) is 21.3 Å². The molecule has 1 saturated heterocycles. The molecule has 35 heavy (non-hydrogen) atoms. The van der Waals surface area contributed by atoms with Crippen molar-refractivity contribution >= 4 is 62.4 Å². The molecule has 4 aromatic rings. The molecular weight excluding hydrogens is 502 g/mol. The van der Waals surface area contributed by atoms with Gasteiger partial charge in [-0.3, -0.25) is 19.0 Å². The Kier molecular flexibility index (Phi) is 6.69. The number of aromatic nitrogens is 1. The Morgan fingerprint density at radius 2 is 1.80 bits per heavy atom. The lowest BCUT2D eigenvalue weighted by atomic mass is 10.1. The van der Waals surface area contributed by atoms with Gasteiger partial charge in [-0.25, -0.2) is 0 Å². The third-order valence-electron chi connectivity index (χ3n) is 5.93. The normalized spacial score (nSPS) is 15.7. The molecule has 3 aromatic carbocycles. The highest BCUT2D eigenvalue weighted by molar-refractivity contribution is 8.00. The summed E-state index contributed by atoms with van der Waals surface area (Å²) >= 11 is 8.73. The van der Waals surface area contributed by atoms with Crippen LogP contribution in [-0.4, -0.2) is 27.0 Å². The van der Waals surface area contributed by atoms with Crippen LogP contribution in [0.25, 0.3) is 10.2 Å². The second-order valence-electron chi connectivity index (χ2n) is 8.18. The number of thiazole rings is 1. The molecule has 1 aliphatic heterocycles. The van der Waals surface area contributed by atoms with Crippen molar-refractivity contribution in [2.45, 2.75) is 25.4 Å². The maximum atomic E-state index is 12.8. The van der Waals surface area contributed by atoms with Gasteiger partial charge in [0, 0.05) is 29.4 Å². The number of amides is 2. The number of nitrogens with zero attached hydrogens (tertiary/aromatic N) is 2. The van der Waals surface area contributed by atoms with E-state index < -0.39 is 0 Å². The Morgan fingerprint density at radius 3 is 2.51 bits per heavy atom. The van der Waals surface area contributed by atoms with Gasteiger partial charge in [-0.2, -0.15) is 0 Å². The summed E-state index contributed by atoms with van der Waals surface area (Å²) in [5.41, 5.74) is 4.02. The minimum atomic E-state index is -0.230. The number of carbonyl (C=O) groups excluding carboxylic acids is 2. The van der Waals surface area contributed by atoms with Gasteiger partial charge >= 0.3 is 4.87 Å². The van der Waals surface area contributed by atoms with E-state index in [-0.39, 0.29) is 22.1 Å². The average molecular weight is 524 g/mol. The second kappa shape index (κ2) is 9.89. The van der Waals surface area contributed by atoms with Gasteiger partial charge in [0.05, 0.1) is 16.0 Å². The first kappa shape index (κ1) is 23.7. The lowest BCUT2D eigenvalue weighted by Gasteiger charge is -2.24. The van der Waals surface area contributed by atoms with E-state index in [1.165, 1.54) is 11.3 Å². The number of nitrogens with one attached hydrogen (secondary N) is 1. The van der Waals surface area contributed by atoms with Crippen LogP contribution in [0.3, 0.4) is 0 Å². The number of halogens is 1. The zero-order chi connectivity index (χ0) is 24.5. The summed E-state index contributed by atoms with van der Waals surface area (Å²) in [6, 6.07) is 20.3. The Hall–Kier alpha value is -3.07. The third kappa shape index (κ3) is 4.87. The van der Waals surface area contributed by atoms with Crippen molar-refractivity contribution < 1.29 is 9.59 Å². The summed E-state index contributed by atoms with van der Waals surface area (Å²) in [5.74, 6) is 0.284. The number of thioether (sulfide) groups is 1. The van der Waals surface area contributed by atoms with E-state index in [9.17, 15) is 14.4 Å². The molecule has 1 atom stereocenters. The zero-order valence-corrected chi connectivity index (χ0v) is 21.3. The van der Waals surface area contributed by atoms with Crippen LogP contribution >= 0.6 is 34.7 Å². The number of hydrogen-bond donors (Lipinski definition) is 1. The standard InChI is InChI=1S/C26H22ClN3O3S2/c1-2-29-21-12-11-20(13-22(21)35-26(29)33)28-24(32)17-5-7-18(8-6-17)25-30(23(31)15-34-25)14-16-3-9-19(27)10-4-16/h3-13,25H,2,14-15H2,1H3,(H,28,32)/t25-/m0/s1. The lowest BCUT2D eigenvalue weighted by Crippen LogP contribution is -2.27. The first-order chi connectivity index (χ1) is 16.9. The summed E-state index contributed by atoms with van der Waals surface area (Å²) in [6.07, 6.45) is 0. The monoisotopic (exact) mass is 523 g/mol. The predicted molar refractivity (Wildman–Crippen MR) is 143 cm³/mol. The van der Waals surface area contributed by atoms with E-state index in [1.807, 2.05) is 66.4 Å². The molecule has 1 fully saturated rings. The molecule has 0 spiro atoms. The topological polar surface area (TPSA) is 71.4 Å². The molecule has 0 saturated carbocycles. The van der Waals surface area contributed by atoms with Gasteiger partial charge < -0.3 is 10.2 Å². The van der Waals surface area contributed by atoms with Crippen LogP contribution in [-0.2, 0) is 17.9 Å². The van der Waals surface area contributed by atoms with Gasteiger partial charge in [0.1, 0.15) is 5.37 Å². The fourth-order valence-corrected chi connectivity index (χ4v) is 6.44. The van der Waals surface area contributed by atoms with Crippen molar-refractivity contribution in [2.24, 2.45) is 0 Å². The van der Waals surface area contributed by atoms with E-state index in [1.54, 1.807) is 28.5 Å². The fourth-order valence-electron chi connectivity index (χ4n) is 4.13. The lowest BCUT2D eigenvalue weighted by molar-refractivity contribution is -0.128. The molecule has 5 rings (SSSR count). The van der Waals surface area contributed by atoms with Crippen LogP contribution in [0.15, 0.2) is 71.5 Å². The molecule has 9 heteroatoms. The summed E-state index contributed by atoms with van der Waals surface area (Å²) in [4.78, 5) is 39.3. The highest BCUT2D eigenvalue weighted by Gasteiger charge is 2.32. The van der Waals surface area contributed by atoms with Crippen molar-refractivity contribution in [3.8, 4) is 0 Å². The van der Waals surface area contributed by atoms with Crippen molar-refractivity contribution in [2.75, 3.05) is 11.1 Å². The number of carbonyl (C=O) groups is 2. The number of anilines is 1. The molecule has 2 amide bonds. The minimum Gasteiger partial charge on any atom is -0.322 e. The van der Waals surface area contributed by atoms with Crippen molar-refractivity contribution in [3.05, 3.63) is 98.1 Å². The first-order valence-electron chi connectivity index (χ1n) is 11.1. The van der Waals surface area contributed by atoms with Crippen LogP contribution in [0.4, 0.5) is 5.69 Å². The molecule has 0 unspecified atom stereocenters. The number of hydrogen-bond acceptors (Lipinski definition) is 5. The van der Waals surface area contributed by atoms with Crippen LogP contribution in [0, 0.1) is 0 Å². The largest absolute Gasteiger partial charge is 0.322 e. The van der Waals surface area contributed by atoms with Crippen molar-refractivity contribution in [1.29, 1.82) is 0 Å². The Balaban J connectivity index is 1.30. The van der Waals surface area contributed by atoms with Gasteiger partial charge in [-0.05, 0) is 60.5 Å². The third-order valence-corrected chi connectivity index (χ3v) is 8.38. The minimum absolute atomic E-state index is 0.00469. The molecule has 1 aromatic heterocycles. The highest BCUT2D eigenvalue weighted by Crippen LogP contribution is 2.39. The quantitative estimate of drug-likeness (QED) is 0.348. The highest BCUT2D eigenvalue weighted by atomic mass is 35.5. The van der Waals surface area contributed by atoms with Crippen LogP contribution in [0.1, 0.15) is 33.8 Å². The molecule has 0 radical (unpaired) electrons. The van der Waals surface area contributed by atoms with Crippen molar-refractivity contribution in [3.63, 3.8) is 0 Å². The van der Waals surface area contributed by atoms with Gasteiger partial charge in [-0.15, -0.1) is 11.8 Å². The number of rotatable bonds is 6. The Bertz CT molecular complexity index is 1460. The summed E-state index contributed by atoms with van der Waals surface area (Å²) in [7, 11) is 0. The fraction of sp³-hybridized carbons (Fsp3) is 0.192. The number of fused-ring (bicyclic) bond motifs is 1. The second-order valence-corrected chi connectivity index (χ2v) is 10.7. The SMILES string of the molecule is CCn1c(=O)sc2cc(NC(=O)c3ccc([C@@H]4SCC(=O)N4Cc4ccc(Cl)cc4)cc3)ccc21. The van der Waals surface area contributed by atoms with Crippen LogP contribution in [0.5, 0.6) is 0 Å². The first-order valence-corrected chi connectivity index (χ1v) is 13.4. The van der Waals surface area contributed by atoms with E-state index in [2.05, 4.69) is 5.32 Å². The molecule has 2 heterocycles. The molecular formula is C26H22ClN3O3S2. The van der Waals surface area contributed by atoms with E-state index >= 15 is 0 Å². The molecule has 178 valence electrons. The van der Waals surface area contributed by atoms with Crippen molar-refractivity contribution in [1.82, 2.24) is 9.47 Å². The van der Waals surface area contributed by atoms with Gasteiger partial charge in [0.2, 0.25) is 5.91 Å². The van der Waals surface area contributed by atoms with Gasteiger partial charge in [0.25, 0.3) is 5.91 Å². The smallest absolute Gasteiger partial charge is 0.308 e. The molecule has 1 aliphatic rings. The maximum Gasteiger partial charge on any atom is 0.308 e. The number of benzene rings is 3. The van der Waals surface area contributed by atoms with Gasteiger partial charge in [-0.1, -0.05) is 47.2 Å². The predicted octanol–water partition coefficient (Wildman–Crippen LogP) is 5.76. The Morgan fingerprint density at radius 1 is 1.06 bits per heavy atom. The Labute approximate surface area is 215 Å². The summed E-state index contributed by atoms with van der Waals surface area (Å²) in [6.45, 7) is 3.05. The van der Waals surface area contributed by atoms with Gasteiger partial charge in [0.15, 0.2) is 0 Å². The molecule has 1 N–H and O–H groups in total. The molecule has 0 bridgehead atoms. The maximum absolute atomic E-state index is 12.8. The summed E-state index contributed by atoms with van der Waals surface area (Å²) < 4.78 is 2.56. The van der Waals surface area contributed by atoms with Crippen LogP contribution in [0.2, 0.25) is 5.02 Å². The summed E-state index contributed by atoms with van der Waals surface area (Å²) in [5, 5.41) is 3.47. The number of aryl methyl sites for hydroxylation is 1. The average Bonchev–Trinajstić information content (AvgIpc) is 3.38. The molecule has 0 aliphatic carbocycles.